The number of rotatable bonds is 5. The molecule has 0 unspecified atom stereocenters. The number of anilines is 1. The first-order valence-electron chi connectivity index (χ1n) is 7.43. The molecule has 9 heteroatoms. The Morgan fingerprint density at radius 3 is 2.62 bits per heavy atom. The number of nitrogens with one attached hydrogen (secondary N) is 1. The number of esters is 1. The maximum atomic E-state index is 12.5. The lowest BCUT2D eigenvalue weighted by atomic mass is 10.1. The second kappa shape index (κ2) is 7.70. The topological polar surface area (TPSA) is 103 Å². The van der Waals surface area contributed by atoms with Crippen molar-refractivity contribution in [3.63, 3.8) is 0 Å². The van der Waals surface area contributed by atoms with Gasteiger partial charge >= 0.3 is 5.97 Å². The second-order valence-corrected chi connectivity index (χ2v) is 5.83. The van der Waals surface area contributed by atoms with Crippen LogP contribution in [0, 0.1) is 0 Å². The standard InChI is InChI=1S/C17H14N4O4S/c1-24-10-4-5-12(11(8-10)17(23)25-2)20-15(22)13-9-26-16(21-13)14-18-6-3-7-19-14/h3-9H,1-2H3,(H,20,22). The van der Waals surface area contributed by atoms with Crippen LogP contribution in [0.2, 0.25) is 0 Å². The highest BCUT2D eigenvalue weighted by Gasteiger charge is 2.18. The zero-order chi connectivity index (χ0) is 18.5. The minimum Gasteiger partial charge on any atom is -0.497 e. The normalized spacial score (nSPS) is 10.2. The first kappa shape index (κ1) is 17.5. The van der Waals surface area contributed by atoms with Crippen LogP contribution in [-0.4, -0.2) is 41.0 Å². The SMILES string of the molecule is COC(=O)c1cc(OC)ccc1NC(=O)c1csc(-c2ncccn2)n1. The van der Waals surface area contributed by atoms with E-state index < -0.39 is 11.9 Å². The molecule has 132 valence electrons. The van der Waals surface area contributed by atoms with Crippen LogP contribution in [0.15, 0.2) is 42.0 Å². The van der Waals surface area contributed by atoms with Gasteiger partial charge in [-0.3, -0.25) is 4.79 Å². The van der Waals surface area contributed by atoms with Gasteiger partial charge in [-0.2, -0.15) is 0 Å². The number of hydrogen-bond donors (Lipinski definition) is 1. The highest BCUT2D eigenvalue weighted by atomic mass is 32.1. The van der Waals surface area contributed by atoms with Crippen LogP contribution in [0.1, 0.15) is 20.8 Å². The summed E-state index contributed by atoms with van der Waals surface area (Å²) in [5, 5.41) is 4.79. The molecule has 2 aromatic heterocycles. The minimum atomic E-state index is -0.587. The Morgan fingerprint density at radius 2 is 1.92 bits per heavy atom. The van der Waals surface area contributed by atoms with Crippen LogP contribution in [-0.2, 0) is 4.74 Å². The molecular weight excluding hydrogens is 356 g/mol. The van der Waals surface area contributed by atoms with Gasteiger partial charge < -0.3 is 14.8 Å². The van der Waals surface area contributed by atoms with Gasteiger partial charge in [0, 0.05) is 17.8 Å². The van der Waals surface area contributed by atoms with Crippen LogP contribution >= 0.6 is 11.3 Å². The lowest BCUT2D eigenvalue weighted by Crippen LogP contribution is -2.16. The van der Waals surface area contributed by atoms with E-state index in [4.69, 9.17) is 9.47 Å². The van der Waals surface area contributed by atoms with Crippen molar-refractivity contribution in [2.45, 2.75) is 0 Å². The Kier molecular flexibility index (Phi) is 5.18. The predicted molar refractivity (Wildman–Crippen MR) is 95.4 cm³/mol. The molecular formula is C17H14N4O4S. The van der Waals surface area contributed by atoms with Gasteiger partial charge in [0.15, 0.2) is 10.8 Å². The summed E-state index contributed by atoms with van der Waals surface area (Å²) in [5.74, 6) is -0.133. The van der Waals surface area contributed by atoms with Gasteiger partial charge in [-0.1, -0.05) is 0 Å². The number of nitrogens with zero attached hydrogens (tertiary/aromatic N) is 3. The van der Waals surface area contributed by atoms with Crippen molar-refractivity contribution < 1.29 is 19.1 Å². The molecule has 8 nitrogen and oxygen atoms in total. The van der Waals surface area contributed by atoms with E-state index in [0.29, 0.717) is 22.3 Å². The first-order chi connectivity index (χ1) is 12.6. The molecule has 2 heterocycles. The zero-order valence-corrected chi connectivity index (χ0v) is 14.7. The maximum Gasteiger partial charge on any atom is 0.340 e. The summed E-state index contributed by atoms with van der Waals surface area (Å²) in [5.41, 5.74) is 0.680. The molecule has 0 aliphatic heterocycles. The summed E-state index contributed by atoms with van der Waals surface area (Å²) in [4.78, 5) is 36.9. The van der Waals surface area contributed by atoms with Gasteiger partial charge in [-0.15, -0.1) is 11.3 Å². The van der Waals surface area contributed by atoms with Crippen molar-refractivity contribution >= 4 is 28.9 Å². The van der Waals surface area contributed by atoms with E-state index in [1.165, 1.54) is 31.6 Å². The number of hydrogen-bond acceptors (Lipinski definition) is 8. The summed E-state index contributed by atoms with van der Waals surface area (Å²) in [6, 6.07) is 6.39. The molecule has 0 spiro atoms. The number of ether oxygens (including phenoxy) is 2. The number of thiazole rings is 1. The molecule has 0 fully saturated rings. The number of carbonyl (C=O) groups excluding carboxylic acids is 2. The second-order valence-electron chi connectivity index (χ2n) is 4.97. The summed E-state index contributed by atoms with van der Waals surface area (Å²) in [7, 11) is 2.75. The molecule has 0 radical (unpaired) electrons. The summed E-state index contributed by atoms with van der Waals surface area (Å²) >= 11 is 1.25. The van der Waals surface area contributed by atoms with Gasteiger partial charge in [0.25, 0.3) is 5.91 Å². The van der Waals surface area contributed by atoms with Crippen molar-refractivity contribution in [3.05, 3.63) is 53.3 Å². The first-order valence-corrected chi connectivity index (χ1v) is 8.31. The monoisotopic (exact) mass is 370 g/mol. The smallest absolute Gasteiger partial charge is 0.340 e. The van der Waals surface area contributed by atoms with Gasteiger partial charge in [-0.25, -0.2) is 19.7 Å². The lowest BCUT2D eigenvalue weighted by Gasteiger charge is -2.10. The van der Waals surface area contributed by atoms with Gasteiger partial charge in [-0.05, 0) is 24.3 Å². The third-order valence-corrected chi connectivity index (χ3v) is 4.21. The predicted octanol–water partition coefficient (Wildman–Crippen LogP) is 2.65. The van der Waals surface area contributed by atoms with E-state index in [1.54, 1.807) is 36.0 Å². The van der Waals surface area contributed by atoms with Crippen LogP contribution < -0.4 is 10.1 Å². The zero-order valence-electron chi connectivity index (χ0n) is 13.9. The fraction of sp³-hybridized carbons (Fsp3) is 0.118. The Labute approximate surface area is 152 Å². The molecule has 26 heavy (non-hydrogen) atoms. The van der Waals surface area contributed by atoms with Gasteiger partial charge in [0.1, 0.15) is 11.4 Å². The van der Waals surface area contributed by atoms with E-state index in [0.717, 1.165) is 0 Å². The van der Waals surface area contributed by atoms with Gasteiger partial charge in [0.05, 0.1) is 25.5 Å². The Bertz CT molecular complexity index is 943. The molecule has 1 N–H and O–H groups in total. The maximum absolute atomic E-state index is 12.5. The average molecular weight is 370 g/mol. The van der Waals surface area contributed by atoms with Crippen LogP contribution in [0.3, 0.4) is 0 Å². The molecule has 1 aromatic carbocycles. The average Bonchev–Trinajstić information content (AvgIpc) is 3.18. The number of carbonyl (C=O) groups is 2. The van der Waals surface area contributed by atoms with E-state index in [1.807, 2.05) is 0 Å². The van der Waals surface area contributed by atoms with Crippen LogP contribution in [0.25, 0.3) is 10.8 Å². The molecule has 0 saturated carbocycles. The largest absolute Gasteiger partial charge is 0.497 e. The molecule has 0 aliphatic rings. The molecule has 0 atom stereocenters. The van der Waals surface area contributed by atoms with E-state index in [2.05, 4.69) is 20.3 Å². The van der Waals surface area contributed by atoms with Crippen molar-refractivity contribution in [1.82, 2.24) is 15.0 Å². The fourth-order valence-corrected chi connectivity index (χ4v) is 2.86. The van der Waals surface area contributed by atoms with Crippen molar-refractivity contribution in [2.75, 3.05) is 19.5 Å². The van der Waals surface area contributed by atoms with Crippen molar-refractivity contribution in [3.8, 4) is 16.6 Å². The van der Waals surface area contributed by atoms with Crippen LogP contribution in [0.4, 0.5) is 5.69 Å². The number of benzene rings is 1. The van der Waals surface area contributed by atoms with Gasteiger partial charge in [0.2, 0.25) is 0 Å². The number of methoxy groups -OCH3 is 2. The third-order valence-electron chi connectivity index (χ3n) is 3.37. The van der Waals surface area contributed by atoms with Crippen molar-refractivity contribution in [1.29, 1.82) is 0 Å². The third kappa shape index (κ3) is 3.67. The van der Waals surface area contributed by atoms with E-state index >= 15 is 0 Å². The van der Waals surface area contributed by atoms with E-state index in [-0.39, 0.29) is 11.3 Å². The minimum absolute atomic E-state index is 0.182. The molecule has 0 bridgehead atoms. The number of aromatic nitrogens is 3. The Hall–Kier alpha value is -3.33. The molecule has 0 saturated heterocycles. The van der Waals surface area contributed by atoms with Crippen molar-refractivity contribution in [2.24, 2.45) is 0 Å². The quantitative estimate of drug-likeness (QED) is 0.689. The van der Waals surface area contributed by atoms with Crippen LogP contribution in [0.5, 0.6) is 5.75 Å². The highest BCUT2D eigenvalue weighted by molar-refractivity contribution is 7.13. The Morgan fingerprint density at radius 1 is 1.15 bits per heavy atom. The van der Waals surface area contributed by atoms with E-state index in [9.17, 15) is 9.59 Å². The fourth-order valence-electron chi connectivity index (χ4n) is 2.11. The highest BCUT2D eigenvalue weighted by Crippen LogP contribution is 2.25. The molecule has 3 aromatic rings. The summed E-state index contributed by atoms with van der Waals surface area (Å²) in [6.07, 6.45) is 3.20. The summed E-state index contributed by atoms with van der Waals surface area (Å²) in [6.45, 7) is 0. The lowest BCUT2D eigenvalue weighted by molar-refractivity contribution is 0.0601. The Balaban J connectivity index is 1.84. The molecule has 1 amide bonds. The summed E-state index contributed by atoms with van der Waals surface area (Å²) < 4.78 is 9.85. The molecule has 3 rings (SSSR count). The number of amides is 1. The molecule has 0 aliphatic carbocycles.